The molecule has 1 saturated heterocycles. The minimum absolute atomic E-state index is 0.321. The Balaban J connectivity index is 2.49. The molecular weight excluding hydrogens is 251 g/mol. The third kappa shape index (κ3) is 2.36. The van der Waals surface area contributed by atoms with Crippen LogP contribution in [0.15, 0.2) is 12.1 Å². The summed E-state index contributed by atoms with van der Waals surface area (Å²) in [6, 6.07) is 4.08. The van der Waals surface area contributed by atoms with Crippen LogP contribution >= 0.6 is 0 Å². The number of rotatable bonds is 3. The largest absolute Gasteiger partial charge is 0.496 e. The predicted molar refractivity (Wildman–Crippen MR) is 82.8 cm³/mol. The Morgan fingerprint density at radius 3 is 2.10 bits per heavy atom. The molecule has 1 aliphatic rings. The molecule has 4 heteroatoms. The zero-order valence-electron chi connectivity index (χ0n) is 13.7. The van der Waals surface area contributed by atoms with Crippen molar-refractivity contribution in [1.82, 2.24) is 0 Å². The highest BCUT2D eigenvalue weighted by molar-refractivity contribution is 6.63. The van der Waals surface area contributed by atoms with Gasteiger partial charge in [-0.2, -0.15) is 0 Å². The second kappa shape index (κ2) is 5.08. The Morgan fingerprint density at radius 2 is 1.65 bits per heavy atom. The number of hydrogen-bond acceptors (Lipinski definition) is 3. The van der Waals surface area contributed by atoms with Crippen molar-refractivity contribution in [3.8, 4) is 5.75 Å². The standard InChI is InChI=1S/C16H25BO3/c1-8-12-13(18-7)10-9-11(2)14(12)17-19-15(3,4)16(5,6)20-17/h9-10H,8H2,1-7H3. The minimum Gasteiger partial charge on any atom is -0.496 e. The average molecular weight is 276 g/mol. The molecule has 0 saturated carbocycles. The fraction of sp³-hybridized carbons (Fsp3) is 0.625. The Kier molecular flexibility index (Phi) is 3.91. The van der Waals surface area contributed by atoms with Gasteiger partial charge in [0.2, 0.25) is 0 Å². The highest BCUT2D eigenvalue weighted by atomic mass is 16.7. The zero-order valence-corrected chi connectivity index (χ0v) is 13.7. The van der Waals surface area contributed by atoms with Crippen LogP contribution in [0.5, 0.6) is 5.75 Å². The summed E-state index contributed by atoms with van der Waals surface area (Å²) in [5.41, 5.74) is 2.83. The maximum absolute atomic E-state index is 6.20. The van der Waals surface area contributed by atoms with Crippen molar-refractivity contribution < 1.29 is 14.0 Å². The van der Waals surface area contributed by atoms with Crippen LogP contribution in [0, 0.1) is 6.92 Å². The Bertz CT molecular complexity index is 493. The Hall–Kier alpha value is -0.995. The van der Waals surface area contributed by atoms with Crippen LogP contribution in [0.2, 0.25) is 0 Å². The van der Waals surface area contributed by atoms with Gasteiger partial charge in [-0.15, -0.1) is 0 Å². The molecule has 0 aromatic heterocycles. The molecule has 0 bridgehead atoms. The number of hydrogen-bond donors (Lipinski definition) is 0. The van der Waals surface area contributed by atoms with Crippen molar-refractivity contribution in [3.05, 3.63) is 23.3 Å². The molecule has 0 aliphatic carbocycles. The second-order valence-electron chi connectivity index (χ2n) is 6.42. The monoisotopic (exact) mass is 276 g/mol. The number of ether oxygens (including phenoxy) is 1. The fourth-order valence-corrected chi connectivity index (χ4v) is 2.61. The number of methoxy groups -OCH3 is 1. The van der Waals surface area contributed by atoms with E-state index in [1.54, 1.807) is 7.11 Å². The summed E-state index contributed by atoms with van der Waals surface area (Å²) in [6.45, 7) is 12.5. The number of benzene rings is 1. The quantitative estimate of drug-likeness (QED) is 0.794. The van der Waals surface area contributed by atoms with Crippen LogP contribution in [-0.2, 0) is 15.7 Å². The van der Waals surface area contributed by atoms with E-state index in [0.717, 1.165) is 17.6 Å². The van der Waals surface area contributed by atoms with E-state index in [1.807, 2.05) is 6.07 Å². The maximum atomic E-state index is 6.20. The summed E-state index contributed by atoms with van der Waals surface area (Å²) in [7, 11) is 1.38. The van der Waals surface area contributed by atoms with E-state index in [0.29, 0.717) is 0 Å². The normalized spacial score (nSPS) is 20.2. The zero-order chi connectivity index (χ0) is 15.1. The molecule has 0 atom stereocenters. The first kappa shape index (κ1) is 15.4. The number of aryl methyl sites for hydroxylation is 1. The van der Waals surface area contributed by atoms with E-state index in [-0.39, 0.29) is 18.3 Å². The molecule has 1 heterocycles. The Labute approximate surface area is 122 Å². The summed E-state index contributed by atoms with van der Waals surface area (Å²) >= 11 is 0. The van der Waals surface area contributed by atoms with Gasteiger partial charge < -0.3 is 14.0 Å². The van der Waals surface area contributed by atoms with Gasteiger partial charge in [0.15, 0.2) is 0 Å². The van der Waals surface area contributed by atoms with Crippen LogP contribution in [0.4, 0.5) is 0 Å². The van der Waals surface area contributed by atoms with Crippen LogP contribution < -0.4 is 10.2 Å². The van der Waals surface area contributed by atoms with E-state index in [4.69, 9.17) is 14.0 Å². The van der Waals surface area contributed by atoms with Gasteiger partial charge in [-0.25, -0.2) is 0 Å². The first-order chi connectivity index (χ1) is 9.23. The minimum atomic E-state index is -0.329. The smallest absolute Gasteiger partial charge is 0.495 e. The van der Waals surface area contributed by atoms with Gasteiger partial charge in [-0.1, -0.05) is 18.6 Å². The highest BCUT2D eigenvalue weighted by Gasteiger charge is 2.52. The molecule has 110 valence electrons. The molecule has 3 nitrogen and oxygen atoms in total. The SMILES string of the molecule is CCc1c(OC)ccc(C)c1B1OC(C)(C)C(C)(C)O1. The van der Waals surface area contributed by atoms with E-state index >= 15 is 0 Å². The lowest BCUT2D eigenvalue weighted by molar-refractivity contribution is 0.00578. The lowest BCUT2D eigenvalue weighted by atomic mass is 9.72. The van der Waals surface area contributed by atoms with Crippen LogP contribution in [0.1, 0.15) is 45.7 Å². The van der Waals surface area contributed by atoms with Crippen LogP contribution in [0.25, 0.3) is 0 Å². The van der Waals surface area contributed by atoms with Crippen molar-refractivity contribution in [2.45, 2.75) is 59.2 Å². The second-order valence-corrected chi connectivity index (χ2v) is 6.42. The fourth-order valence-electron chi connectivity index (χ4n) is 2.61. The molecule has 20 heavy (non-hydrogen) atoms. The third-order valence-corrected chi connectivity index (χ3v) is 4.59. The van der Waals surface area contributed by atoms with Crippen molar-refractivity contribution in [3.63, 3.8) is 0 Å². The summed E-state index contributed by atoms with van der Waals surface area (Å²) in [5.74, 6) is 0.905. The van der Waals surface area contributed by atoms with E-state index in [2.05, 4.69) is 47.6 Å². The average Bonchev–Trinajstić information content (AvgIpc) is 2.57. The van der Waals surface area contributed by atoms with Gasteiger partial charge >= 0.3 is 7.12 Å². The van der Waals surface area contributed by atoms with Crippen molar-refractivity contribution >= 4 is 12.6 Å². The van der Waals surface area contributed by atoms with E-state index in [1.165, 1.54) is 11.1 Å². The predicted octanol–water partition coefficient (Wildman–Crippen LogP) is 2.87. The molecule has 0 spiro atoms. The topological polar surface area (TPSA) is 27.7 Å². The van der Waals surface area contributed by atoms with Crippen molar-refractivity contribution in [2.24, 2.45) is 0 Å². The van der Waals surface area contributed by atoms with Gasteiger partial charge in [0.05, 0.1) is 18.3 Å². The highest BCUT2D eigenvalue weighted by Crippen LogP contribution is 2.37. The van der Waals surface area contributed by atoms with Crippen LogP contribution in [0.3, 0.4) is 0 Å². The molecule has 0 N–H and O–H groups in total. The summed E-state index contributed by atoms with van der Waals surface area (Å²) in [4.78, 5) is 0. The molecule has 1 aromatic rings. The van der Waals surface area contributed by atoms with Gasteiger partial charge in [0, 0.05) is 0 Å². The third-order valence-electron chi connectivity index (χ3n) is 4.59. The van der Waals surface area contributed by atoms with Gasteiger partial charge in [0.25, 0.3) is 0 Å². The van der Waals surface area contributed by atoms with Crippen molar-refractivity contribution in [2.75, 3.05) is 7.11 Å². The molecule has 1 aliphatic heterocycles. The molecule has 1 fully saturated rings. The maximum Gasteiger partial charge on any atom is 0.495 e. The summed E-state index contributed by atoms with van der Waals surface area (Å²) in [6.07, 6.45) is 0.893. The molecular formula is C16H25BO3. The summed E-state index contributed by atoms with van der Waals surface area (Å²) < 4.78 is 17.9. The molecule has 0 amide bonds. The van der Waals surface area contributed by atoms with Crippen molar-refractivity contribution in [1.29, 1.82) is 0 Å². The van der Waals surface area contributed by atoms with Gasteiger partial charge in [-0.05, 0) is 58.1 Å². The van der Waals surface area contributed by atoms with E-state index in [9.17, 15) is 0 Å². The Morgan fingerprint density at radius 1 is 1.10 bits per heavy atom. The molecule has 0 unspecified atom stereocenters. The van der Waals surface area contributed by atoms with Gasteiger partial charge in [-0.3, -0.25) is 0 Å². The lowest BCUT2D eigenvalue weighted by Crippen LogP contribution is -2.41. The molecule has 2 rings (SSSR count). The van der Waals surface area contributed by atoms with Gasteiger partial charge in [0.1, 0.15) is 5.75 Å². The molecule has 1 aromatic carbocycles. The summed E-state index contributed by atoms with van der Waals surface area (Å²) in [5, 5.41) is 0. The molecule has 0 radical (unpaired) electrons. The van der Waals surface area contributed by atoms with E-state index < -0.39 is 0 Å². The lowest BCUT2D eigenvalue weighted by Gasteiger charge is -2.32. The first-order valence-electron chi connectivity index (χ1n) is 7.25. The van der Waals surface area contributed by atoms with Crippen LogP contribution in [-0.4, -0.2) is 25.4 Å². The first-order valence-corrected chi connectivity index (χ1v) is 7.25.